The summed E-state index contributed by atoms with van der Waals surface area (Å²) in [5.41, 5.74) is 2.27. The fourth-order valence-corrected chi connectivity index (χ4v) is 4.48. The lowest BCUT2D eigenvalue weighted by molar-refractivity contribution is 0.0514. The van der Waals surface area contributed by atoms with Crippen molar-refractivity contribution in [1.29, 1.82) is 0 Å². The second kappa shape index (κ2) is 11.3. The summed E-state index contributed by atoms with van der Waals surface area (Å²) in [4.78, 5) is 8.87. The number of nitrogens with zero attached hydrogens (tertiary/aromatic N) is 2. The first-order valence-electron chi connectivity index (χ1n) is 9.31. The highest BCUT2D eigenvalue weighted by atomic mass is 127. The van der Waals surface area contributed by atoms with Crippen LogP contribution in [-0.4, -0.2) is 44.3 Å². The number of guanidine groups is 1. The minimum absolute atomic E-state index is 0. The molecule has 2 N–H and O–H groups in total. The first kappa shape index (κ1) is 23.4. The maximum Gasteiger partial charge on any atom is 0.191 e. The lowest BCUT2D eigenvalue weighted by Crippen LogP contribution is -2.48. The van der Waals surface area contributed by atoms with Crippen LogP contribution in [-0.2, 0) is 16.6 Å². The van der Waals surface area contributed by atoms with Gasteiger partial charge in [-0.2, -0.15) is 0 Å². The van der Waals surface area contributed by atoms with Gasteiger partial charge in [-0.25, -0.2) is 4.98 Å². The van der Waals surface area contributed by atoms with Crippen LogP contribution in [0.25, 0.3) is 0 Å². The molecular formula is C20H28ClIN4OS. The van der Waals surface area contributed by atoms with Crippen molar-refractivity contribution in [2.75, 3.05) is 33.4 Å². The van der Waals surface area contributed by atoms with E-state index in [1.54, 1.807) is 18.4 Å². The molecule has 0 atom stereocenters. The van der Waals surface area contributed by atoms with Crippen molar-refractivity contribution in [3.8, 4) is 0 Å². The highest BCUT2D eigenvalue weighted by Crippen LogP contribution is 2.38. The Balaban J connectivity index is 0.00000280. The normalized spacial score (nSPS) is 16.3. The predicted octanol–water partition coefficient (Wildman–Crippen LogP) is 4.18. The van der Waals surface area contributed by atoms with Crippen LogP contribution in [0, 0.1) is 6.92 Å². The Morgan fingerprint density at radius 2 is 2.04 bits per heavy atom. The van der Waals surface area contributed by atoms with E-state index in [2.05, 4.69) is 38.1 Å². The molecule has 0 bridgehead atoms. The van der Waals surface area contributed by atoms with Gasteiger partial charge >= 0.3 is 0 Å². The Morgan fingerprint density at radius 1 is 1.29 bits per heavy atom. The number of aromatic nitrogens is 1. The second-order valence-corrected chi connectivity index (χ2v) is 8.30. The standard InChI is InChI=1S/C20H27ClN4OS.HI/c1-15-25-16(13-27-15)7-10-23-19(22-2)24-14-20(8-11-26-12-9-20)17-5-3-4-6-18(17)21;/h3-6,13H,7-12,14H2,1-2H3,(H2,22,23,24);1H. The summed E-state index contributed by atoms with van der Waals surface area (Å²) in [6.45, 7) is 5.11. The molecule has 0 aliphatic carbocycles. The Kier molecular flexibility index (Phi) is 9.46. The van der Waals surface area contributed by atoms with E-state index in [4.69, 9.17) is 16.3 Å². The Labute approximate surface area is 193 Å². The van der Waals surface area contributed by atoms with Crippen molar-refractivity contribution < 1.29 is 4.74 Å². The van der Waals surface area contributed by atoms with E-state index >= 15 is 0 Å². The molecule has 0 spiro atoms. The molecule has 1 aliphatic heterocycles. The SMILES string of the molecule is CN=C(NCCc1csc(C)n1)NCC1(c2ccccc2Cl)CCOCC1.I. The van der Waals surface area contributed by atoms with Crippen molar-refractivity contribution in [3.63, 3.8) is 0 Å². The van der Waals surface area contributed by atoms with E-state index in [1.807, 2.05) is 19.1 Å². The zero-order chi connectivity index (χ0) is 19.1. The van der Waals surface area contributed by atoms with Gasteiger partial charge in [-0.05, 0) is 31.4 Å². The third-order valence-corrected chi connectivity index (χ3v) is 6.21. The number of ether oxygens (including phenoxy) is 1. The van der Waals surface area contributed by atoms with Crippen LogP contribution in [0.1, 0.15) is 29.1 Å². The number of benzene rings is 1. The molecule has 8 heteroatoms. The maximum atomic E-state index is 6.53. The van der Waals surface area contributed by atoms with E-state index in [-0.39, 0.29) is 29.4 Å². The Bertz CT molecular complexity index is 777. The van der Waals surface area contributed by atoms with Crippen molar-refractivity contribution in [3.05, 3.63) is 50.9 Å². The molecule has 28 heavy (non-hydrogen) atoms. The molecular weight excluding hydrogens is 507 g/mol. The van der Waals surface area contributed by atoms with Gasteiger partial charge in [-0.3, -0.25) is 4.99 Å². The van der Waals surface area contributed by atoms with Gasteiger partial charge in [0.25, 0.3) is 0 Å². The third-order valence-electron chi connectivity index (χ3n) is 5.05. The summed E-state index contributed by atoms with van der Waals surface area (Å²) in [5.74, 6) is 0.805. The van der Waals surface area contributed by atoms with E-state index in [0.717, 1.165) is 67.2 Å². The van der Waals surface area contributed by atoms with Gasteiger partial charge in [-0.15, -0.1) is 35.3 Å². The predicted molar refractivity (Wildman–Crippen MR) is 129 cm³/mol. The van der Waals surface area contributed by atoms with Crippen LogP contribution in [0.2, 0.25) is 5.02 Å². The summed E-state index contributed by atoms with van der Waals surface area (Å²) in [6, 6.07) is 8.14. The first-order valence-corrected chi connectivity index (χ1v) is 10.6. The molecule has 5 nitrogen and oxygen atoms in total. The highest BCUT2D eigenvalue weighted by molar-refractivity contribution is 14.0. The van der Waals surface area contributed by atoms with Gasteiger partial charge in [0, 0.05) is 55.6 Å². The molecule has 1 aromatic carbocycles. The molecule has 1 fully saturated rings. The quantitative estimate of drug-likeness (QED) is 0.332. The number of aliphatic imine (C=N–C) groups is 1. The first-order chi connectivity index (χ1) is 13.1. The Hall–Kier alpha value is -0.900. The van der Waals surface area contributed by atoms with Gasteiger partial charge in [0.2, 0.25) is 0 Å². The number of nitrogens with one attached hydrogen (secondary N) is 2. The Morgan fingerprint density at radius 3 is 2.68 bits per heavy atom. The van der Waals surface area contributed by atoms with Crippen molar-refractivity contribution in [1.82, 2.24) is 15.6 Å². The lowest BCUT2D eigenvalue weighted by Gasteiger charge is -2.38. The minimum Gasteiger partial charge on any atom is -0.381 e. The molecule has 154 valence electrons. The fourth-order valence-electron chi connectivity index (χ4n) is 3.50. The summed E-state index contributed by atoms with van der Waals surface area (Å²) < 4.78 is 5.61. The van der Waals surface area contributed by atoms with Crippen molar-refractivity contribution in [2.45, 2.75) is 31.6 Å². The second-order valence-electron chi connectivity index (χ2n) is 6.83. The molecule has 2 aromatic rings. The largest absolute Gasteiger partial charge is 0.381 e. The summed E-state index contributed by atoms with van der Waals surface area (Å²) in [7, 11) is 1.80. The average molecular weight is 535 g/mol. The molecule has 1 aromatic heterocycles. The van der Waals surface area contributed by atoms with Gasteiger partial charge < -0.3 is 15.4 Å². The highest BCUT2D eigenvalue weighted by Gasteiger charge is 2.36. The molecule has 2 heterocycles. The van der Waals surface area contributed by atoms with Crippen LogP contribution in [0.3, 0.4) is 0 Å². The van der Waals surface area contributed by atoms with Crippen molar-refractivity contribution in [2.24, 2.45) is 4.99 Å². The zero-order valence-corrected chi connectivity index (χ0v) is 20.2. The number of hydrogen-bond donors (Lipinski definition) is 2. The molecule has 1 aliphatic rings. The van der Waals surface area contributed by atoms with Gasteiger partial charge in [0.15, 0.2) is 5.96 Å². The van der Waals surface area contributed by atoms with Crippen LogP contribution < -0.4 is 10.6 Å². The molecule has 0 unspecified atom stereocenters. The summed E-state index contributed by atoms with van der Waals surface area (Å²) >= 11 is 8.22. The maximum absolute atomic E-state index is 6.53. The summed E-state index contributed by atoms with van der Waals surface area (Å²) in [6.07, 6.45) is 2.77. The van der Waals surface area contributed by atoms with E-state index < -0.39 is 0 Å². The van der Waals surface area contributed by atoms with Gasteiger partial charge in [-0.1, -0.05) is 29.8 Å². The summed E-state index contributed by atoms with van der Waals surface area (Å²) in [5, 5.41) is 10.9. The third kappa shape index (κ3) is 6.05. The van der Waals surface area contributed by atoms with E-state index in [1.165, 1.54) is 5.56 Å². The fraction of sp³-hybridized carbons (Fsp3) is 0.500. The number of hydrogen-bond acceptors (Lipinski definition) is 4. The number of aryl methyl sites for hydroxylation is 1. The topological polar surface area (TPSA) is 58.5 Å². The van der Waals surface area contributed by atoms with Crippen LogP contribution in [0.5, 0.6) is 0 Å². The van der Waals surface area contributed by atoms with Crippen molar-refractivity contribution >= 4 is 52.9 Å². The molecule has 0 radical (unpaired) electrons. The molecule has 3 rings (SSSR count). The van der Waals surface area contributed by atoms with Crippen LogP contribution in [0.4, 0.5) is 0 Å². The van der Waals surface area contributed by atoms with Gasteiger partial charge in [0.05, 0.1) is 10.7 Å². The number of rotatable bonds is 6. The number of thiazole rings is 1. The van der Waals surface area contributed by atoms with Gasteiger partial charge in [0.1, 0.15) is 0 Å². The number of halogens is 2. The van der Waals surface area contributed by atoms with Crippen LogP contribution >= 0.6 is 46.9 Å². The molecule has 0 amide bonds. The lowest BCUT2D eigenvalue weighted by atomic mass is 9.74. The molecule has 1 saturated heterocycles. The van der Waals surface area contributed by atoms with Crippen LogP contribution in [0.15, 0.2) is 34.6 Å². The smallest absolute Gasteiger partial charge is 0.191 e. The zero-order valence-electron chi connectivity index (χ0n) is 16.3. The van der Waals surface area contributed by atoms with E-state index in [0.29, 0.717) is 0 Å². The monoisotopic (exact) mass is 534 g/mol. The van der Waals surface area contributed by atoms with E-state index in [9.17, 15) is 0 Å². The molecule has 0 saturated carbocycles. The average Bonchev–Trinajstić information content (AvgIpc) is 3.10. The minimum atomic E-state index is -0.0414.